The topological polar surface area (TPSA) is 91.8 Å². The highest BCUT2D eigenvalue weighted by molar-refractivity contribution is 6.62. The number of methoxy groups -OCH3 is 1. The van der Waals surface area contributed by atoms with Crippen LogP contribution in [0, 0.1) is 5.92 Å². The summed E-state index contributed by atoms with van der Waals surface area (Å²) in [7, 11) is 1.14. The van der Waals surface area contributed by atoms with Crippen molar-refractivity contribution in [1.29, 1.82) is 0 Å². The second kappa shape index (κ2) is 5.38. The molecular weight excluding hydrogens is 198 g/mol. The van der Waals surface area contributed by atoms with E-state index < -0.39 is 17.5 Å². The lowest BCUT2D eigenvalue weighted by Crippen LogP contribution is -2.38. The van der Waals surface area contributed by atoms with E-state index in [4.69, 9.17) is 5.53 Å². The first-order valence-electron chi connectivity index (χ1n) is 4.76. The Kier molecular flexibility index (Phi) is 4.15. The van der Waals surface area contributed by atoms with Gasteiger partial charge in [-0.05, 0) is 25.9 Å². The molecule has 1 aliphatic heterocycles. The molecule has 6 nitrogen and oxygen atoms in total. The van der Waals surface area contributed by atoms with Gasteiger partial charge in [0, 0.05) is 5.92 Å². The molecule has 0 saturated carbocycles. The van der Waals surface area contributed by atoms with Gasteiger partial charge in [-0.3, -0.25) is 4.79 Å². The fraction of sp³-hybridized carbons (Fsp3) is 0.667. The van der Waals surface area contributed by atoms with Crippen LogP contribution >= 0.6 is 0 Å². The van der Waals surface area contributed by atoms with Crippen molar-refractivity contribution in [2.24, 2.45) is 5.92 Å². The second-order valence-corrected chi connectivity index (χ2v) is 3.33. The zero-order chi connectivity index (χ0) is 11.3. The molecule has 1 fully saturated rings. The Balaban J connectivity index is 2.73. The third-order valence-electron chi connectivity index (χ3n) is 2.42. The van der Waals surface area contributed by atoms with E-state index in [9.17, 15) is 9.59 Å². The van der Waals surface area contributed by atoms with Gasteiger partial charge in [0.2, 0.25) is 0 Å². The van der Waals surface area contributed by atoms with Crippen LogP contribution in [0.25, 0.3) is 5.53 Å². The summed E-state index contributed by atoms with van der Waals surface area (Å²) in [6, 6.07) is 0. The van der Waals surface area contributed by atoms with E-state index in [-0.39, 0.29) is 5.92 Å². The Morgan fingerprint density at radius 3 is 2.47 bits per heavy atom. The maximum atomic E-state index is 11.7. The van der Waals surface area contributed by atoms with Crippen molar-refractivity contribution < 1.29 is 19.1 Å². The fourth-order valence-corrected chi connectivity index (χ4v) is 1.56. The zero-order valence-corrected chi connectivity index (χ0v) is 8.52. The number of ether oxygens (including phenoxy) is 1. The number of piperidine rings is 1. The summed E-state index contributed by atoms with van der Waals surface area (Å²) in [5, 5.41) is 3.10. The highest BCUT2D eigenvalue weighted by Crippen LogP contribution is 2.13. The molecule has 1 heterocycles. The number of nitrogens with zero attached hydrogens (tertiary/aromatic N) is 2. The van der Waals surface area contributed by atoms with E-state index in [2.05, 4.69) is 14.8 Å². The molecule has 0 bridgehead atoms. The van der Waals surface area contributed by atoms with E-state index in [1.807, 2.05) is 0 Å². The molecule has 0 radical (unpaired) electrons. The van der Waals surface area contributed by atoms with Crippen LogP contribution in [0.4, 0.5) is 0 Å². The molecule has 0 aromatic heterocycles. The van der Waals surface area contributed by atoms with Crippen molar-refractivity contribution in [1.82, 2.24) is 5.32 Å². The summed E-state index contributed by atoms with van der Waals surface area (Å²) in [6.45, 7) is 1.46. The predicted molar refractivity (Wildman–Crippen MR) is 51.2 cm³/mol. The van der Waals surface area contributed by atoms with E-state index in [1.54, 1.807) is 0 Å². The zero-order valence-electron chi connectivity index (χ0n) is 8.52. The van der Waals surface area contributed by atoms with Crippen molar-refractivity contribution in [3.63, 3.8) is 0 Å². The predicted octanol–water partition coefficient (Wildman–Crippen LogP) is -0.601. The van der Waals surface area contributed by atoms with Crippen molar-refractivity contribution >= 4 is 17.5 Å². The van der Waals surface area contributed by atoms with Gasteiger partial charge in [-0.25, -0.2) is 4.79 Å². The molecule has 1 saturated heterocycles. The summed E-state index contributed by atoms with van der Waals surface area (Å²) in [4.78, 5) is 25.5. The normalized spacial score (nSPS) is 16.6. The average Bonchev–Trinajstić information content (AvgIpc) is 2.30. The smallest absolute Gasteiger partial charge is 0.441 e. The number of hydrogen-bond donors (Lipinski definition) is 1. The second-order valence-electron chi connectivity index (χ2n) is 3.33. The summed E-state index contributed by atoms with van der Waals surface area (Å²) in [5.74, 6) is -1.58. The molecule has 0 aliphatic carbocycles. The van der Waals surface area contributed by atoms with Crippen LogP contribution in [0.2, 0.25) is 0 Å². The third kappa shape index (κ3) is 2.71. The van der Waals surface area contributed by atoms with Crippen molar-refractivity contribution in [3.05, 3.63) is 5.53 Å². The Labute approximate surface area is 87.2 Å². The first-order chi connectivity index (χ1) is 7.20. The van der Waals surface area contributed by atoms with E-state index in [0.717, 1.165) is 20.2 Å². The maximum absolute atomic E-state index is 11.7. The van der Waals surface area contributed by atoms with Gasteiger partial charge < -0.3 is 15.6 Å². The molecule has 82 valence electrons. The Hall–Kier alpha value is -1.52. The van der Waals surface area contributed by atoms with Crippen LogP contribution < -0.4 is 5.32 Å². The SMILES string of the molecule is COC(=O)C(=[N+]=[N-])C(=O)C1CCNCC1. The number of nitrogens with one attached hydrogen (secondary N) is 1. The number of ketones is 1. The molecule has 1 rings (SSSR count). The van der Waals surface area contributed by atoms with Crippen LogP contribution in [0.1, 0.15) is 12.8 Å². The van der Waals surface area contributed by atoms with Gasteiger partial charge in [0.25, 0.3) is 5.78 Å². The molecule has 15 heavy (non-hydrogen) atoms. The van der Waals surface area contributed by atoms with Gasteiger partial charge in [-0.1, -0.05) is 0 Å². The summed E-state index contributed by atoms with van der Waals surface area (Å²) < 4.78 is 4.35. The van der Waals surface area contributed by atoms with Crippen LogP contribution in [-0.4, -0.2) is 42.5 Å². The van der Waals surface area contributed by atoms with Gasteiger partial charge in [0.05, 0.1) is 7.11 Å². The van der Waals surface area contributed by atoms with Gasteiger partial charge in [-0.15, -0.1) is 0 Å². The van der Waals surface area contributed by atoms with Gasteiger partial charge >= 0.3 is 11.7 Å². The van der Waals surface area contributed by atoms with Gasteiger partial charge in [-0.2, -0.15) is 4.79 Å². The van der Waals surface area contributed by atoms with E-state index in [1.165, 1.54) is 0 Å². The highest BCUT2D eigenvalue weighted by Gasteiger charge is 2.36. The number of rotatable bonds is 3. The van der Waals surface area contributed by atoms with Crippen molar-refractivity contribution in [3.8, 4) is 0 Å². The number of carbonyl (C=O) groups is 2. The Morgan fingerprint density at radius 2 is 2.00 bits per heavy atom. The van der Waals surface area contributed by atoms with Gasteiger partial charge in [0.15, 0.2) is 0 Å². The van der Waals surface area contributed by atoms with Crippen LogP contribution in [0.5, 0.6) is 0 Å². The lowest BCUT2D eigenvalue weighted by atomic mass is 9.91. The van der Waals surface area contributed by atoms with Crippen LogP contribution in [0.3, 0.4) is 0 Å². The number of esters is 1. The molecule has 0 amide bonds. The van der Waals surface area contributed by atoms with Gasteiger partial charge in [0.1, 0.15) is 0 Å². The Bertz CT molecular complexity index is 315. The summed E-state index contributed by atoms with van der Waals surface area (Å²) in [6.07, 6.45) is 1.30. The van der Waals surface area contributed by atoms with E-state index >= 15 is 0 Å². The third-order valence-corrected chi connectivity index (χ3v) is 2.42. The quantitative estimate of drug-likeness (QED) is 0.222. The lowest BCUT2D eigenvalue weighted by Gasteiger charge is -2.19. The van der Waals surface area contributed by atoms with Crippen LogP contribution in [0.15, 0.2) is 0 Å². The highest BCUT2D eigenvalue weighted by atomic mass is 16.5. The molecule has 1 aliphatic rings. The molecule has 6 heteroatoms. The van der Waals surface area contributed by atoms with Crippen molar-refractivity contribution in [2.75, 3.05) is 20.2 Å². The summed E-state index contributed by atoms with van der Waals surface area (Å²) in [5.41, 5.74) is 8.07. The minimum Gasteiger partial charge on any atom is -0.460 e. The number of hydrogen-bond acceptors (Lipinski definition) is 4. The molecular formula is C9H13N3O3. The minimum atomic E-state index is -0.888. The van der Waals surface area contributed by atoms with Crippen molar-refractivity contribution in [2.45, 2.75) is 12.8 Å². The molecule has 1 N–H and O–H groups in total. The molecule has 0 aromatic carbocycles. The number of carbonyl (C=O) groups excluding carboxylic acids is 2. The molecule has 0 spiro atoms. The van der Waals surface area contributed by atoms with E-state index in [0.29, 0.717) is 12.8 Å². The number of Topliss-reactive ketones (excluding diaryl/α,β-unsaturated/α-hetero) is 1. The monoisotopic (exact) mass is 211 g/mol. The first-order valence-corrected chi connectivity index (χ1v) is 4.76. The molecule has 0 atom stereocenters. The summed E-state index contributed by atoms with van der Waals surface area (Å²) >= 11 is 0. The standard InChI is InChI=1S/C9H13N3O3/c1-15-9(14)7(12-10)8(13)6-2-4-11-5-3-6/h6,11H,2-5H2,1H3. The van der Waals surface area contributed by atoms with Crippen LogP contribution in [-0.2, 0) is 14.3 Å². The maximum Gasteiger partial charge on any atom is 0.441 e. The minimum absolute atomic E-state index is 0.253. The first kappa shape index (κ1) is 11.6. The molecule has 0 aromatic rings. The largest absolute Gasteiger partial charge is 0.460 e. The average molecular weight is 211 g/mol. The molecule has 0 unspecified atom stereocenters. The Morgan fingerprint density at radius 1 is 1.40 bits per heavy atom. The fourth-order valence-electron chi connectivity index (χ4n) is 1.56. The lowest BCUT2D eigenvalue weighted by molar-refractivity contribution is -0.140.